The number of sulfonamides is 1. The van der Waals surface area contributed by atoms with Crippen molar-refractivity contribution >= 4 is 27.5 Å². The highest BCUT2D eigenvalue weighted by atomic mass is 32.2. The molecule has 0 aliphatic heterocycles. The van der Waals surface area contributed by atoms with Crippen molar-refractivity contribution in [3.63, 3.8) is 0 Å². The lowest BCUT2D eigenvalue weighted by Crippen LogP contribution is -2.52. The first-order valence-corrected chi connectivity index (χ1v) is 15.2. The highest BCUT2D eigenvalue weighted by Crippen LogP contribution is 2.27. The second kappa shape index (κ2) is 13.7. The molecule has 1 atom stereocenters. The third kappa shape index (κ3) is 7.39. The molecule has 1 N–H and O–H groups in total. The van der Waals surface area contributed by atoms with Gasteiger partial charge in [-0.3, -0.25) is 13.9 Å². The van der Waals surface area contributed by atoms with Crippen LogP contribution in [-0.4, -0.2) is 58.0 Å². The van der Waals surface area contributed by atoms with Crippen LogP contribution in [0.25, 0.3) is 0 Å². The van der Waals surface area contributed by atoms with Gasteiger partial charge in [0, 0.05) is 12.6 Å². The fraction of sp³-hybridized carbons (Fsp3) is 0.355. The van der Waals surface area contributed by atoms with Gasteiger partial charge in [0.2, 0.25) is 11.8 Å². The van der Waals surface area contributed by atoms with Gasteiger partial charge in [0.25, 0.3) is 10.0 Å². The summed E-state index contributed by atoms with van der Waals surface area (Å²) in [4.78, 5) is 28.6. The largest absolute Gasteiger partial charge is 0.497 e. The minimum atomic E-state index is -4.28. The second-order valence-corrected chi connectivity index (χ2v) is 12.1. The van der Waals surface area contributed by atoms with Crippen molar-refractivity contribution in [2.24, 2.45) is 0 Å². The zero-order chi connectivity index (χ0) is 30.3. The van der Waals surface area contributed by atoms with Crippen LogP contribution < -0.4 is 19.1 Å². The average molecular weight is 598 g/mol. The molecule has 3 aromatic carbocycles. The molecule has 0 saturated heterocycles. The smallest absolute Gasteiger partial charge is 0.264 e. The van der Waals surface area contributed by atoms with Gasteiger partial charge in [-0.2, -0.15) is 0 Å². The summed E-state index contributed by atoms with van der Waals surface area (Å²) in [5.41, 5.74) is 0.805. The fourth-order valence-electron chi connectivity index (χ4n) is 4.95. The Kier molecular flexibility index (Phi) is 10.1. The van der Waals surface area contributed by atoms with E-state index in [0.29, 0.717) is 17.1 Å². The van der Waals surface area contributed by atoms with Crippen LogP contribution in [0.4, 0.5) is 10.1 Å². The van der Waals surface area contributed by atoms with Crippen molar-refractivity contribution in [3.8, 4) is 11.5 Å². The highest BCUT2D eigenvalue weighted by Gasteiger charge is 2.33. The van der Waals surface area contributed by atoms with Gasteiger partial charge in [0.1, 0.15) is 29.9 Å². The molecule has 0 heterocycles. The summed E-state index contributed by atoms with van der Waals surface area (Å²) in [7, 11) is -1.28. The average Bonchev–Trinajstić information content (AvgIpc) is 3.52. The molecular formula is C31H36FN3O6S. The van der Waals surface area contributed by atoms with Gasteiger partial charge in [0.05, 0.1) is 24.8 Å². The maximum Gasteiger partial charge on any atom is 0.264 e. The number of carbonyl (C=O) groups is 2. The maximum atomic E-state index is 14.0. The summed E-state index contributed by atoms with van der Waals surface area (Å²) >= 11 is 0. The third-order valence-electron chi connectivity index (χ3n) is 7.40. The Morgan fingerprint density at radius 3 is 2.21 bits per heavy atom. The number of nitrogens with zero attached hydrogens (tertiary/aromatic N) is 2. The van der Waals surface area contributed by atoms with Gasteiger partial charge in [-0.15, -0.1) is 0 Å². The number of carbonyl (C=O) groups excluding carboxylic acids is 2. The standard InChI is InChI=1S/C31H36FN3O6S/c1-22(31(37)33-25-8-4-5-9-25)34(20-23-7-6-10-28(19-23)41-3)30(36)21-35(26-13-11-24(32)12-14-26)42(38,39)29-17-15-27(40-2)16-18-29/h6-7,10-19,22,25H,4-5,8-9,20-21H2,1-3H3,(H,33,37)/t22-/m0/s1. The van der Waals surface area contributed by atoms with Crippen LogP contribution in [0, 0.1) is 5.82 Å². The van der Waals surface area contributed by atoms with Gasteiger partial charge < -0.3 is 19.7 Å². The quantitative estimate of drug-likeness (QED) is 0.329. The van der Waals surface area contributed by atoms with Gasteiger partial charge in [-0.05, 0) is 86.0 Å². The molecule has 9 nitrogen and oxygen atoms in total. The lowest BCUT2D eigenvalue weighted by Gasteiger charge is -2.32. The summed E-state index contributed by atoms with van der Waals surface area (Å²) in [5, 5.41) is 3.04. The predicted octanol–water partition coefficient (Wildman–Crippen LogP) is 4.51. The lowest BCUT2D eigenvalue weighted by molar-refractivity contribution is -0.139. The van der Waals surface area contributed by atoms with Gasteiger partial charge in [-0.25, -0.2) is 12.8 Å². The van der Waals surface area contributed by atoms with E-state index in [1.165, 1.54) is 55.5 Å². The number of rotatable bonds is 12. The third-order valence-corrected chi connectivity index (χ3v) is 9.18. The molecular weight excluding hydrogens is 561 g/mol. The molecule has 0 radical (unpaired) electrons. The van der Waals surface area contributed by atoms with Crippen molar-refractivity contribution in [1.82, 2.24) is 10.2 Å². The molecule has 4 rings (SSSR count). The van der Waals surface area contributed by atoms with Crippen molar-refractivity contribution in [1.29, 1.82) is 0 Å². The van der Waals surface area contributed by atoms with Gasteiger partial charge >= 0.3 is 0 Å². The van der Waals surface area contributed by atoms with Crippen LogP contribution in [0.2, 0.25) is 0 Å². The lowest BCUT2D eigenvalue weighted by atomic mass is 10.1. The van der Waals surface area contributed by atoms with E-state index < -0.39 is 34.3 Å². The van der Waals surface area contributed by atoms with Crippen LogP contribution in [0.5, 0.6) is 11.5 Å². The normalized spacial score (nSPS) is 14.2. The van der Waals surface area contributed by atoms with Crippen molar-refractivity contribution in [3.05, 3.63) is 84.2 Å². The summed E-state index contributed by atoms with van der Waals surface area (Å²) in [6.45, 7) is 1.04. The fourth-order valence-corrected chi connectivity index (χ4v) is 6.37. The Morgan fingerprint density at radius 2 is 1.60 bits per heavy atom. The molecule has 224 valence electrons. The molecule has 11 heteroatoms. The van der Waals surface area contributed by atoms with Crippen LogP contribution in [0.15, 0.2) is 77.7 Å². The van der Waals surface area contributed by atoms with E-state index in [-0.39, 0.29) is 29.1 Å². The summed E-state index contributed by atoms with van der Waals surface area (Å²) in [6.07, 6.45) is 3.81. The predicted molar refractivity (Wildman–Crippen MR) is 157 cm³/mol. The monoisotopic (exact) mass is 597 g/mol. The molecule has 0 bridgehead atoms. The Balaban J connectivity index is 1.69. The van der Waals surface area contributed by atoms with E-state index in [2.05, 4.69) is 5.32 Å². The molecule has 1 saturated carbocycles. The Bertz CT molecular complexity index is 1480. The van der Waals surface area contributed by atoms with Crippen LogP contribution >= 0.6 is 0 Å². The van der Waals surface area contributed by atoms with E-state index in [1.54, 1.807) is 31.2 Å². The molecule has 42 heavy (non-hydrogen) atoms. The number of methoxy groups -OCH3 is 2. The number of hydrogen-bond donors (Lipinski definition) is 1. The van der Waals surface area contributed by atoms with E-state index >= 15 is 0 Å². The number of ether oxygens (including phenoxy) is 2. The number of hydrogen-bond acceptors (Lipinski definition) is 6. The number of nitrogens with one attached hydrogen (secondary N) is 1. The molecule has 0 aromatic heterocycles. The van der Waals surface area contributed by atoms with E-state index in [9.17, 15) is 22.4 Å². The Morgan fingerprint density at radius 1 is 0.952 bits per heavy atom. The highest BCUT2D eigenvalue weighted by molar-refractivity contribution is 7.92. The Labute approximate surface area is 246 Å². The van der Waals surface area contributed by atoms with Crippen molar-refractivity contribution in [2.75, 3.05) is 25.1 Å². The topological polar surface area (TPSA) is 105 Å². The van der Waals surface area contributed by atoms with Gasteiger partial charge in [0.15, 0.2) is 0 Å². The minimum absolute atomic E-state index is 0.0368. The second-order valence-electron chi connectivity index (χ2n) is 10.2. The first-order valence-electron chi connectivity index (χ1n) is 13.8. The molecule has 1 fully saturated rings. The minimum Gasteiger partial charge on any atom is -0.497 e. The zero-order valence-corrected chi connectivity index (χ0v) is 24.8. The van der Waals surface area contributed by atoms with E-state index in [0.717, 1.165) is 42.1 Å². The SMILES string of the molecule is COc1ccc(S(=O)(=O)N(CC(=O)N(Cc2cccc(OC)c2)[C@@H](C)C(=O)NC2CCCC2)c2ccc(F)cc2)cc1. The number of benzene rings is 3. The van der Waals surface area contributed by atoms with Gasteiger partial charge in [-0.1, -0.05) is 25.0 Å². The molecule has 2 amide bonds. The first kappa shape index (κ1) is 30.8. The zero-order valence-electron chi connectivity index (χ0n) is 24.0. The summed E-state index contributed by atoms with van der Waals surface area (Å²) in [6, 6.07) is 16.9. The molecule has 0 spiro atoms. The molecule has 1 aliphatic carbocycles. The van der Waals surface area contributed by atoms with Crippen molar-refractivity contribution in [2.45, 2.75) is 56.1 Å². The van der Waals surface area contributed by atoms with Crippen LogP contribution in [0.1, 0.15) is 38.2 Å². The number of amides is 2. The van der Waals surface area contributed by atoms with Crippen molar-refractivity contribution < 1.29 is 31.9 Å². The first-order chi connectivity index (χ1) is 20.1. The number of halogens is 1. The summed E-state index contributed by atoms with van der Waals surface area (Å²) < 4.78 is 53.0. The van der Waals surface area contributed by atoms with E-state index in [4.69, 9.17) is 9.47 Å². The summed E-state index contributed by atoms with van der Waals surface area (Å²) in [5.74, 6) is -0.426. The Hall–Kier alpha value is -4.12. The van der Waals surface area contributed by atoms with E-state index in [1.807, 2.05) is 0 Å². The van der Waals surface area contributed by atoms with Crippen LogP contribution in [0.3, 0.4) is 0 Å². The number of anilines is 1. The molecule has 1 aliphatic rings. The maximum absolute atomic E-state index is 14.0. The molecule has 0 unspecified atom stereocenters. The molecule has 3 aromatic rings. The van der Waals surface area contributed by atoms with Crippen LogP contribution in [-0.2, 0) is 26.2 Å².